The minimum Gasteiger partial charge on any atom is -0.478 e. The quantitative estimate of drug-likeness (QED) is 0.598. The van der Waals surface area contributed by atoms with E-state index in [4.69, 9.17) is 9.47 Å². The van der Waals surface area contributed by atoms with Crippen LogP contribution in [0.1, 0.15) is 34.3 Å². The molecule has 3 aromatic carbocycles. The molecule has 3 aromatic rings. The molecule has 162 valence electrons. The molecule has 0 radical (unpaired) electrons. The third-order valence-corrected chi connectivity index (χ3v) is 6.11. The summed E-state index contributed by atoms with van der Waals surface area (Å²) in [6.45, 7) is 1.98. The highest BCUT2D eigenvalue weighted by Gasteiger charge is 2.51. The second-order valence-corrected chi connectivity index (χ2v) is 8.13. The molecule has 0 bridgehead atoms. The van der Waals surface area contributed by atoms with E-state index in [-0.39, 0.29) is 23.8 Å². The fourth-order valence-electron chi connectivity index (χ4n) is 4.07. The van der Waals surface area contributed by atoms with Crippen LogP contribution < -0.4 is 14.8 Å². The van der Waals surface area contributed by atoms with Crippen molar-refractivity contribution < 1.29 is 28.6 Å². The molecule has 6 nitrogen and oxygen atoms in total. The second-order valence-electron chi connectivity index (χ2n) is 8.13. The van der Waals surface area contributed by atoms with Crippen molar-refractivity contribution in [2.75, 3.05) is 12.1 Å². The summed E-state index contributed by atoms with van der Waals surface area (Å²) in [7, 11) is 0. The lowest BCUT2D eigenvalue weighted by molar-refractivity contribution is -0.118. The smallest absolute Gasteiger partial charge is 0.335 e. The first-order valence-electron chi connectivity index (χ1n) is 10.2. The Labute approximate surface area is 183 Å². The van der Waals surface area contributed by atoms with Crippen LogP contribution >= 0.6 is 0 Å². The minimum atomic E-state index is -1.13. The van der Waals surface area contributed by atoms with Gasteiger partial charge in [-0.05, 0) is 78.9 Å². The van der Waals surface area contributed by atoms with E-state index in [0.717, 1.165) is 17.2 Å². The van der Waals surface area contributed by atoms with Gasteiger partial charge >= 0.3 is 5.97 Å². The Morgan fingerprint density at radius 2 is 1.75 bits per heavy atom. The topological polar surface area (TPSA) is 84.9 Å². The van der Waals surface area contributed by atoms with Crippen LogP contribution in [0.4, 0.5) is 10.1 Å². The van der Waals surface area contributed by atoms with Crippen LogP contribution in [0.25, 0.3) is 11.1 Å². The number of anilines is 1. The third-order valence-electron chi connectivity index (χ3n) is 6.11. The Bertz CT molecular complexity index is 1270. The van der Waals surface area contributed by atoms with Gasteiger partial charge in [0.1, 0.15) is 5.82 Å². The zero-order chi connectivity index (χ0) is 22.5. The summed E-state index contributed by atoms with van der Waals surface area (Å²) in [5.74, 6) is -0.508. The molecule has 1 heterocycles. The van der Waals surface area contributed by atoms with Gasteiger partial charge in [0.25, 0.3) is 0 Å². The number of aromatic carboxylic acids is 1. The average molecular weight is 433 g/mol. The van der Waals surface area contributed by atoms with Gasteiger partial charge in [-0.15, -0.1) is 0 Å². The van der Waals surface area contributed by atoms with Gasteiger partial charge in [-0.25, -0.2) is 9.18 Å². The number of carboxylic acids is 1. The number of aryl methyl sites for hydroxylation is 1. The molecule has 0 spiro atoms. The molecule has 1 saturated carbocycles. The number of rotatable bonds is 5. The van der Waals surface area contributed by atoms with E-state index in [2.05, 4.69) is 5.32 Å². The lowest BCUT2D eigenvalue weighted by atomic mass is 9.94. The molecule has 0 unspecified atom stereocenters. The van der Waals surface area contributed by atoms with Gasteiger partial charge < -0.3 is 19.9 Å². The monoisotopic (exact) mass is 433 g/mol. The Morgan fingerprint density at radius 1 is 0.969 bits per heavy atom. The maximum absolute atomic E-state index is 14.5. The lowest BCUT2D eigenvalue weighted by Crippen LogP contribution is -2.27. The Hall–Kier alpha value is -3.87. The van der Waals surface area contributed by atoms with Crippen molar-refractivity contribution >= 4 is 17.6 Å². The predicted octanol–water partition coefficient (Wildman–Crippen LogP) is 4.90. The summed E-state index contributed by atoms with van der Waals surface area (Å²) < 4.78 is 25.3. The van der Waals surface area contributed by atoms with Crippen LogP contribution in [0.2, 0.25) is 0 Å². The van der Waals surface area contributed by atoms with Gasteiger partial charge in [-0.1, -0.05) is 12.1 Å². The molecule has 1 aliphatic heterocycles. The molecular formula is C25H20FNO5. The van der Waals surface area contributed by atoms with Crippen molar-refractivity contribution in [1.82, 2.24) is 0 Å². The number of halogens is 1. The molecule has 0 atom stereocenters. The second kappa shape index (κ2) is 7.37. The fraction of sp³-hybridized carbons (Fsp3) is 0.200. The van der Waals surface area contributed by atoms with E-state index >= 15 is 0 Å². The van der Waals surface area contributed by atoms with Gasteiger partial charge in [-0.3, -0.25) is 4.79 Å². The van der Waals surface area contributed by atoms with E-state index < -0.39 is 17.2 Å². The van der Waals surface area contributed by atoms with E-state index in [1.807, 2.05) is 25.1 Å². The summed E-state index contributed by atoms with van der Waals surface area (Å²) in [6, 6.07) is 14.4. The molecule has 5 rings (SSSR count). The molecule has 1 fully saturated rings. The number of carbonyl (C=O) groups excluding carboxylic acids is 1. The number of hydrogen-bond donors (Lipinski definition) is 2. The van der Waals surface area contributed by atoms with Crippen molar-refractivity contribution in [1.29, 1.82) is 0 Å². The average Bonchev–Trinajstić information content (AvgIpc) is 3.46. The lowest BCUT2D eigenvalue weighted by Gasteiger charge is -2.17. The van der Waals surface area contributed by atoms with Crippen LogP contribution in [0.5, 0.6) is 11.5 Å². The maximum Gasteiger partial charge on any atom is 0.335 e. The highest BCUT2D eigenvalue weighted by atomic mass is 19.1. The van der Waals surface area contributed by atoms with E-state index in [9.17, 15) is 19.1 Å². The fourth-order valence-corrected chi connectivity index (χ4v) is 4.07. The SMILES string of the molecule is Cc1ccc(NC(=O)C2(c3ccc4c(c3)OCO4)CC2)cc1-c1cc(C(=O)O)ccc1F. The van der Waals surface area contributed by atoms with Gasteiger partial charge in [0, 0.05) is 11.3 Å². The molecule has 32 heavy (non-hydrogen) atoms. The van der Waals surface area contributed by atoms with Crippen LogP contribution in [-0.4, -0.2) is 23.8 Å². The molecular weight excluding hydrogens is 413 g/mol. The third kappa shape index (κ3) is 3.36. The molecule has 1 aliphatic carbocycles. The number of ether oxygens (including phenoxy) is 2. The maximum atomic E-state index is 14.5. The Morgan fingerprint density at radius 3 is 2.50 bits per heavy atom. The first-order chi connectivity index (χ1) is 15.4. The molecule has 2 aliphatic rings. The first-order valence-corrected chi connectivity index (χ1v) is 10.2. The zero-order valence-corrected chi connectivity index (χ0v) is 17.3. The van der Waals surface area contributed by atoms with E-state index in [1.165, 1.54) is 12.1 Å². The van der Waals surface area contributed by atoms with Gasteiger partial charge in [-0.2, -0.15) is 0 Å². The van der Waals surface area contributed by atoms with Gasteiger partial charge in [0.05, 0.1) is 11.0 Å². The predicted molar refractivity (Wildman–Crippen MR) is 116 cm³/mol. The van der Waals surface area contributed by atoms with Gasteiger partial charge in [0.15, 0.2) is 11.5 Å². The van der Waals surface area contributed by atoms with Crippen LogP contribution in [-0.2, 0) is 10.2 Å². The molecule has 0 aromatic heterocycles. The first kappa shape index (κ1) is 20.1. The van der Waals surface area contributed by atoms with Crippen molar-refractivity contribution in [3.8, 4) is 22.6 Å². The number of nitrogens with one attached hydrogen (secondary N) is 1. The summed E-state index contributed by atoms with van der Waals surface area (Å²) >= 11 is 0. The zero-order valence-electron chi connectivity index (χ0n) is 17.3. The van der Waals surface area contributed by atoms with E-state index in [1.54, 1.807) is 18.2 Å². The Kier molecular flexibility index (Phi) is 4.62. The number of fused-ring (bicyclic) bond motifs is 1. The molecule has 1 amide bonds. The van der Waals surface area contributed by atoms with Gasteiger partial charge in [0.2, 0.25) is 12.7 Å². The van der Waals surface area contributed by atoms with Crippen molar-refractivity contribution in [3.05, 3.63) is 77.1 Å². The van der Waals surface area contributed by atoms with Crippen molar-refractivity contribution in [3.63, 3.8) is 0 Å². The summed E-state index contributed by atoms with van der Waals surface area (Å²) in [5, 5.41) is 12.2. The number of benzene rings is 3. The van der Waals surface area contributed by atoms with Crippen LogP contribution in [0.15, 0.2) is 54.6 Å². The standard InChI is InChI=1S/C25H20FNO5/c1-14-2-5-17(12-18(14)19-10-15(23(28)29)3-6-20(19)26)27-24(30)25(8-9-25)16-4-7-21-22(11-16)32-13-31-21/h2-7,10-12H,8-9,13H2,1H3,(H,27,30)(H,28,29). The number of carboxylic acid groups (broad SMARTS) is 1. The highest BCUT2D eigenvalue weighted by Crippen LogP contribution is 2.51. The van der Waals surface area contributed by atoms with Crippen molar-refractivity contribution in [2.45, 2.75) is 25.2 Å². The van der Waals surface area contributed by atoms with Crippen LogP contribution in [0.3, 0.4) is 0 Å². The number of amides is 1. The normalized spacial score (nSPS) is 15.3. The van der Waals surface area contributed by atoms with E-state index in [0.29, 0.717) is 35.6 Å². The number of hydrogen-bond acceptors (Lipinski definition) is 4. The summed E-state index contributed by atoms with van der Waals surface area (Å²) in [4.78, 5) is 24.5. The Balaban J connectivity index is 1.44. The highest BCUT2D eigenvalue weighted by molar-refractivity contribution is 6.02. The van der Waals surface area contributed by atoms with Crippen molar-refractivity contribution in [2.24, 2.45) is 0 Å². The van der Waals surface area contributed by atoms with Crippen LogP contribution in [0, 0.1) is 12.7 Å². The largest absolute Gasteiger partial charge is 0.478 e. The minimum absolute atomic E-state index is 0.00465. The molecule has 2 N–H and O–H groups in total. The summed E-state index contributed by atoms with van der Waals surface area (Å²) in [6.07, 6.45) is 1.43. The molecule has 0 saturated heterocycles. The molecule has 7 heteroatoms. The number of carbonyl (C=O) groups is 2. The summed E-state index contributed by atoms with van der Waals surface area (Å²) in [5.41, 5.74) is 2.21.